The van der Waals surface area contributed by atoms with Gasteiger partial charge in [0.25, 0.3) is 0 Å². The molecule has 0 heterocycles. The fraction of sp³-hybridized carbons (Fsp3) is 0.231. The van der Waals surface area contributed by atoms with Crippen molar-refractivity contribution in [3.05, 3.63) is 42.0 Å². The first-order valence-electron chi connectivity index (χ1n) is 5.60. The summed E-state index contributed by atoms with van der Waals surface area (Å²) in [5.74, 6) is -0.150. The van der Waals surface area contributed by atoms with E-state index in [1.54, 1.807) is 18.2 Å². The van der Waals surface area contributed by atoms with Gasteiger partial charge >= 0.3 is 29.6 Å². The Kier molecular flexibility index (Phi) is 5.82. The third-order valence-electron chi connectivity index (χ3n) is 2.79. The summed E-state index contributed by atoms with van der Waals surface area (Å²) >= 11 is 0. The Morgan fingerprint density at radius 3 is 2.58 bits per heavy atom. The molecule has 0 aliphatic rings. The molecule has 19 heavy (non-hydrogen) atoms. The van der Waals surface area contributed by atoms with Crippen LogP contribution in [0.2, 0.25) is 0 Å². The Hall–Kier alpha value is -0.590. The molecule has 2 rings (SSSR count). The van der Waals surface area contributed by atoms with Crippen LogP contribution in [0.15, 0.2) is 36.4 Å². The predicted octanol–water partition coefficient (Wildman–Crippen LogP) is -0.973. The van der Waals surface area contributed by atoms with Gasteiger partial charge in [-0.3, -0.25) is 0 Å². The van der Waals surface area contributed by atoms with Crippen LogP contribution in [0.4, 0.5) is 0 Å². The van der Waals surface area contributed by atoms with Crippen LogP contribution in [0.1, 0.15) is 12.0 Å². The van der Waals surface area contributed by atoms with Gasteiger partial charge in [-0.15, -0.1) is 0 Å². The summed E-state index contributed by atoms with van der Waals surface area (Å²) in [5, 5.41) is 11.3. The van der Waals surface area contributed by atoms with Crippen molar-refractivity contribution in [2.45, 2.75) is 12.8 Å². The summed E-state index contributed by atoms with van der Waals surface area (Å²) in [7, 11) is -4.14. The average molecular weight is 288 g/mol. The first-order chi connectivity index (χ1) is 8.46. The zero-order chi connectivity index (χ0) is 13.2. The zero-order valence-electron chi connectivity index (χ0n) is 10.7. The van der Waals surface area contributed by atoms with E-state index >= 15 is 0 Å². The number of hydrogen-bond donors (Lipinski definition) is 1. The molecule has 0 bridgehead atoms. The van der Waals surface area contributed by atoms with E-state index in [1.165, 1.54) is 0 Å². The van der Waals surface area contributed by atoms with E-state index in [0.717, 1.165) is 16.3 Å². The van der Waals surface area contributed by atoms with Crippen LogP contribution in [-0.2, 0) is 16.5 Å². The summed E-state index contributed by atoms with van der Waals surface area (Å²) in [5.41, 5.74) is 0.983. The summed E-state index contributed by atoms with van der Waals surface area (Å²) in [6.07, 6.45) is 0.843. The van der Waals surface area contributed by atoms with Crippen LogP contribution in [0.3, 0.4) is 0 Å². The van der Waals surface area contributed by atoms with Gasteiger partial charge in [0.15, 0.2) is 0 Å². The molecule has 0 saturated heterocycles. The SMILES string of the molecule is O=S(=O)([O-])CCCc1cccc2cc(O)ccc12.[Na+]. The number of benzene rings is 2. The first-order valence-corrected chi connectivity index (χ1v) is 7.18. The Morgan fingerprint density at radius 1 is 1.16 bits per heavy atom. The van der Waals surface area contributed by atoms with Crippen molar-refractivity contribution in [2.75, 3.05) is 5.75 Å². The van der Waals surface area contributed by atoms with Gasteiger partial charge in [0.05, 0.1) is 10.1 Å². The molecule has 1 N–H and O–H groups in total. The molecule has 4 nitrogen and oxygen atoms in total. The molecule has 0 saturated carbocycles. The molecule has 2 aromatic carbocycles. The normalized spacial score (nSPS) is 11.2. The Balaban J connectivity index is 0.00000180. The van der Waals surface area contributed by atoms with Crippen LogP contribution in [0.5, 0.6) is 5.75 Å². The maximum Gasteiger partial charge on any atom is 1.00 e. The molecule has 96 valence electrons. The van der Waals surface area contributed by atoms with E-state index in [0.29, 0.717) is 12.8 Å². The fourth-order valence-electron chi connectivity index (χ4n) is 2.00. The zero-order valence-corrected chi connectivity index (χ0v) is 13.5. The Morgan fingerprint density at radius 2 is 1.89 bits per heavy atom. The molecular weight excluding hydrogens is 275 g/mol. The van der Waals surface area contributed by atoms with Crippen LogP contribution < -0.4 is 29.6 Å². The minimum absolute atomic E-state index is 0. The topological polar surface area (TPSA) is 77.4 Å². The van der Waals surface area contributed by atoms with Gasteiger partial charge in [-0.1, -0.05) is 24.3 Å². The van der Waals surface area contributed by atoms with E-state index in [4.69, 9.17) is 0 Å². The van der Waals surface area contributed by atoms with Crippen molar-refractivity contribution < 1.29 is 47.6 Å². The second-order valence-corrected chi connectivity index (χ2v) is 5.71. The Labute approximate surface area is 134 Å². The molecule has 6 heteroatoms. The van der Waals surface area contributed by atoms with Crippen LogP contribution in [-0.4, -0.2) is 23.8 Å². The van der Waals surface area contributed by atoms with Crippen LogP contribution >= 0.6 is 0 Å². The number of fused-ring (bicyclic) bond motifs is 1. The van der Waals surface area contributed by atoms with Gasteiger partial charge in [-0.05, 0) is 41.3 Å². The van der Waals surface area contributed by atoms with E-state index in [-0.39, 0.29) is 41.1 Å². The summed E-state index contributed by atoms with van der Waals surface area (Å²) < 4.78 is 31.6. The molecule has 0 aliphatic carbocycles. The van der Waals surface area contributed by atoms with Gasteiger partial charge < -0.3 is 9.66 Å². The van der Waals surface area contributed by atoms with E-state index in [2.05, 4.69) is 0 Å². The molecule has 0 aliphatic heterocycles. The van der Waals surface area contributed by atoms with Gasteiger partial charge in [-0.2, -0.15) is 0 Å². The number of phenolic OH excluding ortho intramolecular Hbond substituents is 1. The van der Waals surface area contributed by atoms with Crippen molar-refractivity contribution >= 4 is 20.9 Å². The van der Waals surface area contributed by atoms with Crippen LogP contribution in [0, 0.1) is 0 Å². The monoisotopic (exact) mass is 288 g/mol. The number of phenols is 1. The van der Waals surface area contributed by atoms with Crippen molar-refractivity contribution in [3.63, 3.8) is 0 Å². The van der Waals surface area contributed by atoms with Gasteiger partial charge in [0.2, 0.25) is 0 Å². The fourth-order valence-corrected chi connectivity index (χ4v) is 2.49. The average Bonchev–Trinajstić information content (AvgIpc) is 2.27. The molecule has 2 aromatic rings. The van der Waals surface area contributed by atoms with Gasteiger partial charge in [0.1, 0.15) is 5.75 Å². The molecule has 0 fully saturated rings. The van der Waals surface area contributed by atoms with Crippen LogP contribution in [0.25, 0.3) is 10.8 Å². The molecule has 0 atom stereocenters. The second-order valence-electron chi connectivity index (χ2n) is 4.19. The van der Waals surface area contributed by atoms with E-state index in [9.17, 15) is 18.1 Å². The van der Waals surface area contributed by atoms with E-state index in [1.807, 2.05) is 18.2 Å². The van der Waals surface area contributed by atoms with Crippen molar-refractivity contribution in [1.82, 2.24) is 0 Å². The number of hydrogen-bond acceptors (Lipinski definition) is 4. The maximum atomic E-state index is 10.5. The third-order valence-corrected chi connectivity index (χ3v) is 3.58. The largest absolute Gasteiger partial charge is 1.00 e. The summed E-state index contributed by atoms with van der Waals surface area (Å²) in [6, 6.07) is 10.7. The minimum Gasteiger partial charge on any atom is -0.748 e. The molecule has 0 amide bonds. The summed E-state index contributed by atoms with van der Waals surface area (Å²) in [6.45, 7) is 0. The molecule has 0 aromatic heterocycles. The standard InChI is InChI=1S/C13H14O4S.Na/c14-12-6-7-13-10(3-1-4-11(13)9-12)5-2-8-18(15,16)17;/h1,3-4,6-7,9,14H,2,5,8H2,(H,15,16,17);/q;+1/p-1. The molecule has 0 spiro atoms. The van der Waals surface area contributed by atoms with Gasteiger partial charge in [0, 0.05) is 5.75 Å². The first kappa shape index (κ1) is 16.5. The van der Waals surface area contributed by atoms with Crippen molar-refractivity contribution in [3.8, 4) is 5.75 Å². The molecule has 0 radical (unpaired) electrons. The maximum absolute atomic E-state index is 10.5. The summed E-state index contributed by atoms with van der Waals surface area (Å²) in [4.78, 5) is 0. The van der Waals surface area contributed by atoms with Crippen molar-refractivity contribution in [1.29, 1.82) is 0 Å². The Bertz CT molecular complexity index is 667. The number of aromatic hydroxyl groups is 1. The molecular formula is C13H13NaO4S. The third kappa shape index (κ3) is 4.78. The predicted molar refractivity (Wildman–Crippen MR) is 68.5 cm³/mol. The van der Waals surface area contributed by atoms with Crippen molar-refractivity contribution in [2.24, 2.45) is 0 Å². The number of aryl methyl sites for hydroxylation is 1. The van der Waals surface area contributed by atoms with Gasteiger partial charge in [-0.25, -0.2) is 8.42 Å². The smallest absolute Gasteiger partial charge is 0.748 e. The minimum atomic E-state index is -4.14. The quantitative estimate of drug-likeness (QED) is 0.580. The molecule has 0 unspecified atom stereocenters. The second kappa shape index (κ2) is 6.72. The van der Waals surface area contributed by atoms with E-state index < -0.39 is 10.1 Å². The number of rotatable bonds is 4.